The summed E-state index contributed by atoms with van der Waals surface area (Å²) in [5.41, 5.74) is 2.31. The van der Waals surface area contributed by atoms with Crippen LogP contribution in [0.15, 0.2) is 40.1 Å². The monoisotopic (exact) mass is 436 g/mol. The lowest BCUT2D eigenvalue weighted by Gasteiger charge is -2.33. The highest BCUT2D eigenvalue weighted by molar-refractivity contribution is 8.03. The van der Waals surface area contributed by atoms with E-state index in [1.54, 1.807) is 25.1 Å². The Labute approximate surface area is 177 Å². The summed E-state index contributed by atoms with van der Waals surface area (Å²) in [6.07, 6.45) is 1.86. The van der Waals surface area contributed by atoms with Crippen molar-refractivity contribution in [2.24, 2.45) is 0 Å². The molecule has 8 heteroatoms. The Morgan fingerprint density at radius 1 is 1.39 bits per heavy atom. The summed E-state index contributed by atoms with van der Waals surface area (Å²) >= 11 is 13.8. The number of hydrogen-bond acceptors (Lipinski definition) is 6. The van der Waals surface area contributed by atoms with Gasteiger partial charge in [0.15, 0.2) is 5.78 Å². The first-order valence-electron chi connectivity index (χ1n) is 8.87. The van der Waals surface area contributed by atoms with E-state index in [0.29, 0.717) is 51.2 Å². The van der Waals surface area contributed by atoms with Crippen molar-refractivity contribution in [2.75, 3.05) is 12.4 Å². The summed E-state index contributed by atoms with van der Waals surface area (Å²) < 4.78 is 4.97. The van der Waals surface area contributed by atoms with Crippen molar-refractivity contribution in [3.05, 3.63) is 55.7 Å². The lowest BCUT2D eigenvalue weighted by atomic mass is 9.77. The molecule has 0 fully saturated rings. The van der Waals surface area contributed by atoms with Gasteiger partial charge in [0.1, 0.15) is 0 Å². The van der Waals surface area contributed by atoms with Gasteiger partial charge in [-0.3, -0.25) is 9.59 Å². The number of carbonyl (C=O) groups excluding carboxylic acids is 2. The predicted molar refractivity (Wildman–Crippen MR) is 110 cm³/mol. The largest absolute Gasteiger partial charge is 0.465 e. The lowest BCUT2D eigenvalue weighted by Crippen LogP contribution is -2.31. The highest BCUT2D eigenvalue weighted by atomic mass is 35.5. The highest BCUT2D eigenvalue weighted by Crippen LogP contribution is 2.46. The van der Waals surface area contributed by atoms with Crippen LogP contribution in [0.5, 0.6) is 0 Å². The molecule has 28 heavy (non-hydrogen) atoms. The van der Waals surface area contributed by atoms with E-state index >= 15 is 0 Å². The quantitative estimate of drug-likeness (QED) is 0.672. The number of allylic oxidation sites excluding steroid dienone is 3. The van der Waals surface area contributed by atoms with Crippen molar-refractivity contribution < 1.29 is 14.3 Å². The van der Waals surface area contributed by atoms with Crippen LogP contribution in [0.2, 0.25) is 10.0 Å². The summed E-state index contributed by atoms with van der Waals surface area (Å²) in [5.74, 6) is -0.911. The number of benzene rings is 1. The third-order valence-electron chi connectivity index (χ3n) is 4.60. The van der Waals surface area contributed by atoms with Crippen molar-refractivity contribution >= 4 is 46.7 Å². The molecule has 0 radical (unpaired) electrons. The fourth-order valence-corrected chi connectivity index (χ4v) is 4.70. The molecule has 2 aliphatic rings. The molecule has 146 valence electrons. The zero-order valence-corrected chi connectivity index (χ0v) is 17.5. The molecule has 0 amide bonds. The van der Waals surface area contributed by atoms with Crippen LogP contribution >= 0.6 is 35.0 Å². The third kappa shape index (κ3) is 4.07. The van der Waals surface area contributed by atoms with Gasteiger partial charge in [-0.25, -0.2) is 0 Å². The second-order valence-electron chi connectivity index (χ2n) is 6.32. The number of ketones is 1. The average Bonchev–Trinajstić information content (AvgIpc) is 2.68. The Balaban J connectivity index is 2.09. The maximum absolute atomic E-state index is 12.7. The molecule has 1 aromatic carbocycles. The van der Waals surface area contributed by atoms with Gasteiger partial charge >= 0.3 is 5.97 Å². The van der Waals surface area contributed by atoms with Gasteiger partial charge in [-0.2, -0.15) is 5.26 Å². The number of esters is 1. The molecule has 0 aromatic heterocycles. The fraction of sp³-hybridized carbons (Fsp3) is 0.350. The first kappa shape index (κ1) is 20.8. The van der Waals surface area contributed by atoms with Crippen LogP contribution < -0.4 is 5.32 Å². The van der Waals surface area contributed by atoms with Crippen LogP contribution in [0.25, 0.3) is 0 Å². The number of nitriles is 1. The van der Waals surface area contributed by atoms with E-state index in [1.165, 1.54) is 11.8 Å². The molecule has 1 atom stereocenters. The smallest absolute Gasteiger partial charge is 0.316 e. The van der Waals surface area contributed by atoms with E-state index in [9.17, 15) is 14.9 Å². The van der Waals surface area contributed by atoms with Gasteiger partial charge in [-0.05, 0) is 31.4 Å². The summed E-state index contributed by atoms with van der Waals surface area (Å²) in [6, 6.07) is 7.41. The zero-order valence-electron chi connectivity index (χ0n) is 15.2. The molecule has 0 saturated heterocycles. The van der Waals surface area contributed by atoms with Crippen molar-refractivity contribution in [2.45, 2.75) is 32.1 Å². The normalized spacial score (nSPS) is 19.1. The van der Waals surface area contributed by atoms with Crippen molar-refractivity contribution in [1.29, 1.82) is 5.26 Å². The molecular formula is C20H18Cl2N2O3S. The number of halogens is 2. The van der Waals surface area contributed by atoms with E-state index in [2.05, 4.69) is 11.4 Å². The van der Waals surface area contributed by atoms with Crippen molar-refractivity contribution in [1.82, 2.24) is 5.32 Å². The predicted octanol–water partition coefficient (Wildman–Crippen LogP) is 4.72. The summed E-state index contributed by atoms with van der Waals surface area (Å²) in [6.45, 7) is 2.03. The van der Waals surface area contributed by atoms with Crippen LogP contribution in [0.4, 0.5) is 0 Å². The molecule has 0 bridgehead atoms. The Morgan fingerprint density at radius 2 is 2.18 bits per heavy atom. The molecule has 5 nitrogen and oxygen atoms in total. The molecule has 1 aliphatic carbocycles. The number of rotatable bonds is 5. The molecule has 1 aromatic rings. The van der Waals surface area contributed by atoms with Crippen LogP contribution in [0.1, 0.15) is 37.7 Å². The minimum atomic E-state index is -0.607. The number of Topliss-reactive ketones (excluding diaryl/α,β-unsaturated/α-hetero) is 1. The van der Waals surface area contributed by atoms with Gasteiger partial charge in [0, 0.05) is 17.7 Å². The van der Waals surface area contributed by atoms with E-state index in [4.69, 9.17) is 27.9 Å². The number of nitrogens with one attached hydrogen (secondary N) is 1. The van der Waals surface area contributed by atoms with E-state index in [0.717, 1.165) is 12.1 Å². The summed E-state index contributed by atoms with van der Waals surface area (Å²) in [5, 5.41) is 14.4. The molecule has 1 N–H and O–H groups in total. The highest BCUT2D eigenvalue weighted by Gasteiger charge is 2.38. The van der Waals surface area contributed by atoms with E-state index in [1.807, 2.05) is 0 Å². The molecule has 3 rings (SSSR count). The standard InChI is InChI=1S/C20H18Cl2N2O3S/c1-2-27-16(26)10-28-20-12(9-23)17(11-5-3-6-13(21)19(11)22)18-14(24-20)7-4-8-15(18)25/h3,5-6,17,24H,2,4,7-8,10H2,1H3. The fourth-order valence-electron chi connectivity index (χ4n) is 3.43. The Hall–Kier alpha value is -1.94. The number of carbonyl (C=O) groups is 2. The Kier molecular flexibility index (Phi) is 6.71. The number of hydrogen-bond donors (Lipinski definition) is 1. The molecule has 0 saturated carbocycles. The third-order valence-corrected chi connectivity index (χ3v) is 6.42. The maximum Gasteiger partial charge on any atom is 0.316 e. The van der Waals surface area contributed by atoms with Gasteiger partial charge in [-0.15, -0.1) is 0 Å². The molecule has 1 unspecified atom stereocenters. The first-order valence-corrected chi connectivity index (χ1v) is 10.6. The molecule has 1 aliphatic heterocycles. The van der Waals surface area contributed by atoms with Gasteiger partial charge in [-0.1, -0.05) is 47.1 Å². The number of dihydropyridines is 1. The lowest BCUT2D eigenvalue weighted by molar-refractivity contribution is -0.139. The minimum Gasteiger partial charge on any atom is -0.465 e. The van der Waals surface area contributed by atoms with Gasteiger partial charge in [0.05, 0.1) is 45.0 Å². The number of ether oxygens (including phenoxy) is 1. The zero-order chi connectivity index (χ0) is 20.3. The van der Waals surface area contributed by atoms with Crippen LogP contribution in [0.3, 0.4) is 0 Å². The van der Waals surface area contributed by atoms with Crippen molar-refractivity contribution in [3.63, 3.8) is 0 Å². The second kappa shape index (κ2) is 9.04. The Bertz CT molecular complexity index is 934. The molecular weight excluding hydrogens is 419 g/mol. The second-order valence-corrected chi connectivity index (χ2v) is 8.09. The molecule has 0 spiro atoms. The summed E-state index contributed by atoms with van der Waals surface area (Å²) in [7, 11) is 0. The maximum atomic E-state index is 12.7. The Morgan fingerprint density at radius 3 is 2.89 bits per heavy atom. The van der Waals surface area contributed by atoms with Gasteiger partial charge < -0.3 is 10.1 Å². The van der Waals surface area contributed by atoms with Gasteiger partial charge in [0.25, 0.3) is 0 Å². The number of nitrogens with zero attached hydrogens (tertiary/aromatic N) is 1. The van der Waals surface area contributed by atoms with Crippen molar-refractivity contribution in [3.8, 4) is 6.07 Å². The first-order chi connectivity index (χ1) is 13.5. The average molecular weight is 437 g/mol. The SMILES string of the molecule is CCOC(=O)CSC1=C(C#N)C(c2cccc(Cl)c2Cl)C2=C(CCCC2=O)N1. The topological polar surface area (TPSA) is 79.2 Å². The van der Waals surface area contributed by atoms with E-state index in [-0.39, 0.29) is 17.5 Å². The summed E-state index contributed by atoms with van der Waals surface area (Å²) in [4.78, 5) is 24.5. The van der Waals surface area contributed by atoms with Crippen LogP contribution in [-0.2, 0) is 14.3 Å². The minimum absolute atomic E-state index is 0.00279. The van der Waals surface area contributed by atoms with Crippen LogP contribution in [0, 0.1) is 11.3 Å². The van der Waals surface area contributed by atoms with Gasteiger partial charge in [0.2, 0.25) is 0 Å². The molecule has 1 heterocycles. The number of thioether (sulfide) groups is 1. The van der Waals surface area contributed by atoms with Crippen LogP contribution in [-0.4, -0.2) is 24.1 Å². The van der Waals surface area contributed by atoms with E-state index < -0.39 is 5.92 Å².